The Bertz CT molecular complexity index is 974. The van der Waals surface area contributed by atoms with Crippen molar-refractivity contribution in [3.63, 3.8) is 0 Å². The summed E-state index contributed by atoms with van der Waals surface area (Å²) in [6.07, 6.45) is 0.982. The summed E-state index contributed by atoms with van der Waals surface area (Å²) in [6.45, 7) is 1.34. The molecule has 2 aliphatic rings. The molecule has 8 heteroatoms. The van der Waals surface area contributed by atoms with Gasteiger partial charge in [-0.25, -0.2) is 4.79 Å². The van der Waals surface area contributed by atoms with Gasteiger partial charge in [-0.2, -0.15) is 0 Å². The van der Waals surface area contributed by atoms with Crippen LogP contribution in [-0.2, 0) is 19.1 Å². The third-order valence-electron chi connectivity index (χ3n) is 5.93. The Morgan fingerprint density at radius 2 is 1.61 bits per heavy atom. The predicted molar refractivity (Wildman–Crippen MR) is 121 cm³/mol. The van der Waals surface area contributed by atoms with Crippen LogP contribution in [0.3, 0.4) is 0 Å². The van der Waals surface area contributed by atoms with E-state index >= 15 is 0 Å². The van der Waals surface area contributed by atoms with Gasteiger partial charge in [0.25, 0.3) is 0 Å². The van der Waals surface area contributed by atoms with Gasteiger partial charge >= 0.3 is 12.1 Å². The third kappa shape index (κ3) is 5.90. The lowest BCUT2D eigenvalue weighted by Gasteiger charge is -2.18. The van der Waals surface area contributed by atoms with Gasteiger partial charge in [0.05, 0.1) is 13.0 Å². The van der Waals surface area contributed by atoms with Gasteiger partial charge in [0.15, 0.2) is 0 Å². The lowest BCUT2D eigenvalue weighted by Crippen LogP contribution is -2.48. The quantitative estimate of drug-likeness (QED) is 0.452. The number of nitrogens with one attached hydrogen (secondary N) is 2. The topological polar surface area (TPSA) is 114 Å². The number of carbonyl (C=O) groups is 3. The Morgan fingerprint density at radius 3 is 2.21 bits per heavy atom. The van der Waals surface area contributed by atoms with Crippen molar-refractivity contribution in [1.82, 2.24) is 10.6 Å². The Morgan fingerprint density at radius 1 is 0.970 bits per heavy atom. The minimum atomic E-state index is -1.23. The predicted octanol–water partition coefficient (Wildman–Crippen LogP) is 2.91. The molecule has 1 saturated carbocycles. The minimum Gasteiger partial charge on any atom is -0.481 e. The summed E-state index contributed by atoms with van der Waals surface area (Å²) in [5, 5.41) is 14.2. The molecule has 0 spiro atoms. The van der Waals surface area contributed by atoms with Crippen molar-refractivity contribution >= 4 is 18.0 Å². The van der Waals surface area contributed by atoms with Crippen molar-refractivity contribution in [3.8, 4) is 11.1 Å². The Labute approximate surface area is 192 Å². The van der Waals surface area contributed by atoms with Crippen LogP contribution in [0, 0.1) is 5.92 Å². The Balaban J connectivity index is 1.31. The van der Waals surface area contributed by atoms with Crippen LogP contribution < -0.4 is 10.6 Å². The molecule has 0 aromatic heterocycles. The fourth-order valence-corrected chi connectivity index (χ4v) is 4.07. The van der Waals surface area contributed by atoms with E-state index in [4.69, 9.17) is 14.6 Å². The van der Waals surface area contributed by atoms with Crippen LogP contribution >= 0.6 is 0 Å². The highest BCUT2D eigenvalue weighted by Crippen LogP contribution is 2.44. The largest absolute Gasteiger partial charge is 0.481 e. The molecule has 3 N–H and O–H groups in total. The van der Waals surface area contributed by atoms with Crippen molar-refractivity contribution in [2.24, 2.45) is 5.92 Å². The average molecular weight is 453 g/mol. The van der Waals surface area contributed by atoms with E-state index in [9.17, 15) is 14.4 Å². The van der Waals surface area contributed by atoms with Crippen LogP contribution in [0.4, 0.5) is 4.79 Å². The molecule has 0 bridgehead atoms. The summed E-state index contributed by atoms with van der Waals surface area (Å²) in [5.74, 6) is -1.28. The summed E-state index contributed by atoms with van der Waals surface area (Å²) >= 11 is 0. The Kier molecular flexibility index (Phi) is 7.24. The van der Waals surface area contributed by atoms with Crippen LogP contribution in [0.5, 0.6) is 0 Å². The number of benzene rings is 2. The highest BCUT2D eigenvalue weighted by molar-refractivity contribution is 5.89. The van der Waals surface area contributed by atoms with E-state index in [1.165, 1.54) is 12.8 Å². The number of carbonyl (C=O) groups excluding carboxylic acids is 2. The van der Waals surface area contributed by atoms with E-state index in [1.807, 2.05) is 48.5 Å². The highest BCUT2D eigenvalue weighted by Gasteiger charge is 2.30. The van der Waals surface area contributed by atoms with Gasteiger partial charge in [-0.15, -0.1) is 0 Å². The zero-order chi connectivity index (χ0) is 23.2. The van der Waals surface area contributed by atoms with Crippen LogP contribution in [-0.4, -0.2) is 55.5 Å². The number of hydrogen-bond acceptors (Lipinski definition) is 5. The monoisotopic (exact) mass is 452 g/mol. The molecule has 0 radical (unpaired) electrons. The fraction of sp³-hybridized carbons (Fsp3) is 0.400. The first-order valence-corrected chi connectivity index (χ1v) is 11.2. The van der Waals surface area contributed by atoms with Gasteiger partial charge < -0.3 is 25.2 Å². The molecule has 2 aromatic rings. The van der Waals surface area contributed by atoms with Crippen LogP contribution in [0.15, 0.2) is 48.5 Å². The molecule has 1 unspecified atom stereocenters. The van der Waals surface area contributed by atoms with Crippen molar-refractivity contribution in [3.05, 3.63) is 59.7 Å². The maximum Gasteiger partial charge on any atom is 0.407 e. The van der Waals surface area contributed by atoms with Gasteiger partial charge in [-0.05, 0) is 41.0 Å². The Hall–Kier alpha value is -3.39. The number of carboxylic acid groups (broad SMARTS) is 1. The smallest absolute Gasteiger partial charge is 0.407 e. The lowest BCUT2D eigenvalue weighted by atomic mass is 9.98. The second-order valence-corrected chi connectivity index (χ2v) is 8.43. The van der Waals surface area contributed by atoms with Crippen molar-refractivity contribution in [2.75, 3.05) is 26.4 Å². The maximum atomic E-state index is 12.4. The normalized spacial score (nSPS) is 15.3. The average Bonchev–Trinajstić information content (AvgIpc) is 3.58. The minimum absolute atomic E-state index is 0.0796. The summed E-state index contributed by atoms with van der Waals surface area (Å²) < 4.78 is 10.9. The number of alkyl carbamates (subject to hydrolysis) is 1. The van der Waals surface area contributed by atoms with Crippen LogP contribution in [0.2, 0.25) is 0 Å². The fourth-order valence-electron chi connectivity index (χ4n) is 4.07. The summed E-state index contributed by atoms with van der Waals surface area (Å²) in [7, 11) is 0. The highest BCUT2D eigenvalue weighted by atomic mass is 16.5. The number of fused-ring (bicyclic) bond motifs is 3. The molecule has 33 heavy (non-hydrogen) atoms. The number of amides is 2. The summed E-state index contributed by atoms with van der Waals surface area (Å²) in [6, 6.07) is 14.7. The van der Waals surface area contributed by atoms with E-state index in [2.05, 4.69) is 10.6 Å². The second-order valence-electron chi connectivity index (χ2n) is 8.43. The van der Waals surface area contributed by atoms with Crippen molar-refractivity contribution < 1.29 is 29.0 Å². The second kappa shape index (κ2) is 10.5. The first kappa shape index (κ1) is 22.8. The van der Waals surface area contributed by atoms with Gasteiger partial charge in [0.2, 0.25) is 5.91 Å². The lowest BCUT2D eigenvalue weighted by molar-refractivity contribution is -0.139. The van der Waals surface area contributed by atoms with Gasteiger partial charge in [0, 0.05) is 19.1 Å². The molecular formula is C25H28N2O6. The zero-order valence-corrected chi connectivity index (χ0v) is 18.3. The molecule has 0 saturated heterocycles. The van der Waals surface area contributed by atoms with Crippen molar-refractivity contribution in [2.45, 2.75) is 31.2 Å². The molecule has 8 nitrogen and oxygen atoms in total. The molecule has 2 aromatic carbocycles. The molecule has 2 aliphatic carbocycles. The molecule has 174 valence electrons. The van der Waals surface area contributed by atoms with E-state index in [-0.39, 0.29) is 19.1 Å². The molecular weight excluding hydrogens is 424 g/mol. The van der Waals surface area contributed by atoms with Gasteiger partial charge in [-0.1, -0.05) is 48.5 Å². The third-order valence-corrected chi connectivity index (χ3v) is 5.93. The molecule has 2 amide bonds. The molecule has 1 atom stereocenters. The molecule has 0 aliphatic heterocycles. The zero-order valence-electron chi connectivity index (χ0n) is 18.3. The van der Waals surface area contributed by atoms with E-state index in [1.54, 1.807) is 0 Å². The summed E-state index contributed by atoms with van der Waals surface area (Å²) in [4.78, 5) is 36.1. The molecule has 1 fully saturated rings. The first-order chi connectivity index (χ1) is 16.0. The number of carboxylic acids is 1. The van der Waals surface area contributed by atoms with Crippen LogP contribution in [0.1, 0.15) is 36.3 Å². The van der Waals surface area contributed by atoms with E-state index in [0.29, 0.717) is 19.1 Å². The van der Waals surface area contributed by atoms with E-state index < -0.39 is 30.4 Å². The van der Waals surface area contributed by atoms with Gasteiger partial charge in [-0.3, -0.25) is 9.59 Å². The summed E-state index contributed by atoms with van der Waals surface area (Å²) in [5.41, 5.74) is 4.35. The number of ether oxygens (including phenoxy) is 2. The standard InChI is InChI=1S/C25H28N2O6/c28-23(29)13-22(24(30)26-11-12-32-14-16-9-10-16)27-25(31)33-15-21-19-7-3-1-5-17(19)18-6-2-4-8-20(18)21/h1-8,16,21-22H,9-15H2,(H,26,30)(H,27,31)(H,28,29). The molecule has 4 rings (SSSR count). The maximum absolute atomic E-state index is 12.4. The van der Waals surface area contributed by atoms with Crippen molar-refractivity contribution in [1.29, 1.82) is 0 Å². The van der Waals surface area contributed by atoms with Crippen LogP contribution in [0.25, 0.3) is 11.1 Å². The first-order valence-electron chi connectivity index (χ1n) is 11.2. The SMILES string of the molecule is O=C(O)CC(NC(=O)OCC1c2ccccc2-c2ccccc21)C(=O)NCCOCC1CC1. The number of aliphatic carboxylic acids is 1. The number of rotatable bonds is 11. The van der Waals surface area contributed by atoms with E-state index in [0.717, 1.165) is 22.3 Å². The van der Waals surface area contributed by atoms with Gasteiger partial charge in [0.1, 0.15) is 12.6 Å². The number of hydrogen-bond donors (Lipinski definition) is 3. The molecule has 0 heterocycles.